The van der Waals surface area contributed by atoms with Gasteiger partial charge in [0, 0.05) is 6.04 Å². The number of hydrogen-bond donors (Lipinski definition) is 2. The van der Waals surface area contributed by atoms with Crippen molar-refractivity contribution in [2.45, 2.75) is 24.3 Å². The first-order valence-electron chi connectivity index (χ1n) is 4.21. The van der Waals surface area contributed by atoms with Crippen molar-refractivity contribution < 1.29 is 13.0 Å². The Labute approximate surface area is 83.5 Å². The van der Waals surface area contributed by atoms with E-state index >= 15 is 0 Å². The molecule has 0 bridgehead atoms. The van der Waals surface area contributed by atoms with Gasteiger partial charge in [-0.25, -0.2) is 0 Å². The molecule has 78 valence electrons. The maximum Gasteiger partial charge on any atom is 0.294 e. The monoisotopic (exact) mass is 215 g/mol. The molecule has 0 saturated carbocycles. The molecule has 14 heavy (non-hydrogen) atoms. The third-order valence-electron chi connectivity index (χ3n) is 1.75. The maximum absolute atomic E-state index is 10.8. The van der Waals surface area contributed by atoms with Crippen molar-refractivity contribution in [1.82, 2.24) is 0 Å². The van der Waals surface area contributed by atoms with Crippen LogP contribution in [-0.4, -0.2) is 19.0 Å². The molecule has 0 fully saturated rings. The van der Waals surface area contributed by atoms with Crippen LogP contribution < -0.4 is 5.73 Å². The largest absolute Gasteiger partial charge is 0.328 e. The lowest BCUT2D eigenvalue weighted by Gasteiger charge is -2.05. The molecule has 3 N–H and O–H groups in total. The molecule has 0 radical (unpaired) electrons. The fourth-order valence-corrected chi connectivity index (χ4v) is 1.76. The number of benzene rings is 1. The van der Waals surface area contributed by atoms with Crippen LogP contribution in [0.2, 0.25) is 0 Å². The molecule has 0 aliphatic carbocycles. The summed E-state index contributed by atoms with van der Waals surface area (Å²) in [5.41, 5.74) is 6.37. The lowest BCUT2D eigenvalue weighted by molar-refractivity contribution is 0.483. The molecule has 1 aromatic carbocycles. The summed E-state index contributed by atoms with van der Waals surface area (Å²) in [7, 11) is -4.10. The average molecular weight is 215 g/mol. The van der Waals surface area contributed by atoms with E-state index in [1.165, 1.54) is 12.1 Å². The lowest BCUT2D eigenvalue weighted by Crippen LogP contribution is -2.17. The van der Waals surface area contributed by atoms with E-state index in [4.69, 9.17) is 10.3 Å². The number of hydrogen-bond acceptors (Lipinski definition) is 3. The van der Waals surface area contributed by atoms with Crippen LogP contribution in [0.1, 0.15) is 12.5 Å². The minimum absolute atomic E-state index is 0.0355. The van der Waals surface area contributed by atoms with Gasteiger partial charge in [0.05, 0.1) is 4.90 Å². The standard InChI is InChI=1S/C9H13NO3S/c1-7(10)5-8-3-2-4-9(6-8)14(11,12)13/h2-4,6-7H,5,10H2,1H3,(H,11,12,13). The van der Waals surface area contributed by atoms with E-state index in [0.717, 1.165) is 5.56 Å². The van der Waals surface area contributed by atoms with E-state index in [1.54, 1.807) is 12.1 Å². The second-order valence-electron chi connectivity index (χ2n) is 3.30. The summed E-state index contributed by atoms with van der Waals surface area (Å²) < 4.78 is 30.4. The molecule has 1 atom stereocenters. The van der Waals surface area contributed by atoms with Gasteiger partial charge in [0.1, 0.15) is 0 Å². The van der Waals surface area contributed by atoms with Gasteiger partial charge in [0.2, 0.25) is 0 Å². The summed E-state index contributed by atoms with van der Waals surface area (Å²) in [6, 6.07) is 6.10. The van der Waals surface area contributed by atoms with Crippen molar-refractivity contribution in [3.8, 4) is 0 Å². The molecule has 0 aromatic heterocycles. The maximum atomic E-state index is 10.8. The molecule has 4 nitrogen and oxygen atoms in total. The fraction of sp³-hybridized carbons (Fsp3) is 0.333. The first-order chi connectivity index (χ1) is 6.39. The van der Waals surface area contributed by atoms with E-state index < -0.39 is 10.1 Å². The van der Waals surface area contributed by atoms with Crippen molar-refractivity contribution in [1.29, 1.82) is 0 Å². The Morgan fingerprint density at radius 1 is 1.50 bits per heavy atom. The van der Waals surface area contributed by atoms with Gasteiger partial charge in [-0.3, -0.25) is 4.55 Å². The number of rotatable bonds is 3. The summed E-state index contributed by atoms with van der Waals surface area (Å²) in [5, 5.41) is 0. The highest BCUT2D eigenvalue weighted by atomic mass is 32.2. The molecule has 0 aliphatic rings. The van der Waals surface area contributed by atoms with Crippen LogP contribution in [0, 0.1) is 0 Å². The van der Waals surface area contributed by atoms with Crippen LogP contribution in [0.5, 0.6) is 0 Å². The summed E-state index contributed by atoms with van der Waals surface area (Å²) >= 11 is 0. The molecule has 1 aromatic rings. The third kappa shape index (κ3) is 3.10. The molecule has 0 saturated heterocycles. The zero-order chi connectivity index (χ0) is 10.8. The Morgan fingerprint density at radius 2 is 2.14 bits per heavy atom. The smallest absolute Gasteiger partial charge is 0.294 e. The summed E-state index contributed by atoms with van der Waals surface area (Å²) in [6.45, 7) is 1.83. The van der Waals surface area contributed by atoms with Gasteiger partial charge in [-0.1, -0.05) is 12.1 Å². The van der Waals surface area contributed by atoms with Gasteiger partial charge in [0.15, 0.2) is 0 Å². The van der Waals surface area contributed by atoms with E-state index in [9.17, 15) is 8.42 Å². The Hall–Kier alpha value is -0.910. The average Bonchev–Trinajstić information content (AvgIpc) is 2.01. The predicted octanol–water partition coefficient (Wildman–Crippen LogP) is 0.823. The highest BCUT2D eigenvalue weighted by molar-refractivity contribution is 7.85. The van der Waals surface area contributed by atoms with Crippen molar-refractivity contribution in [2.75, 3.05) is 0 Å². The second kappa shape index (κ2) is 4.08. The fourth-order valence-electron chi connectivity index (χ4n) is 1.20. The predicted molar refractivity (Wildman–Crippen MR) is 53.6 cm³/mol. The zero-order valence-corrected chi connectivity index (χ0v) is 8.66. The first-order valence-corrected chi connectivity index (χ1v) is 5.65. The van der Waals surface area contributed by atoms with E-state index in [1.807, 2.05) is 6.92 Å². The minimum atomic E-state index is -4.10. The second-order valence-corrected chi connectivity index (χ2v) is 4.73. The normalized spacial score (nSPS) is 13.9. The van der Waals surface area contributed by atoms with Gasteiger partial charge in [-0.15, -0.1) is 0 Å². The molecule has 1 rings (SSSR count). The summed E-state index contributed by atoms with van der Waals surface area (Å²) in [4.78, 5) is -0.0874. The quantitative estimate of drug-likeness (QED) is 0.731. The summed E-state index contributed by atoms with van der Waals surface area (Å²) in [5.74, 6) is 0. The summed E-state index contributed by atoms with van der Waals surface area (Å²) in [6.07, 6.45) is 0.587. The van der Waals surface area contributed by atoms with Gasteiger partial charge >= 0.3 is 0 Å². The Balaban J connectivity index is 3.02. The van der Waals surface area contributed by atoms with Crippen molar-refractivity contribution >= 4 is 10.1 Å². The van der Waals surface area contributed by atoms with Crippen LogP contribution in [0.15, 0.2) is 29.2 Å². The van der Waals surface area contributed by atoms with Crippen molar-refractivity contribution in [3.63, 3.8) is 0 Å². The van der Waals surface area contributed by atoms with E-state index in [-0.39, 0.29) is 10.9 Å². The Morgan fingerprint density at radius 3 is 2.64 bits per heavy atom. The molecule has 1 unspecified atom stereocenters. The van der Waals surface area contributed by atoms with Crippen LogP contribution in [0.25, 0.3) is 0 Å². The van der Waals surface area contributed by atoms with Crippen LogP contribution >= 0.6 is 0 Å². The molecule has 0 amide bonds. The van der Waals surface area contributed by atoms with E-state index in [0.29, 0.717) is 6.42 Å². The van der Waals surface area contributed by atoms with E-state index in [2.05, 4.69) is 0 Å². The molecular weight excluding hydrogens is 202 g/mol. The van der Waals surface area contributed by atoms with Crippen LogP contribution in [0.4, 0.5) is 0 Å². The number of nitrogens with two attached hydrogens (primary N) is 1. The highest BCUT2D eigenvalue weighted by Crippen LogP contribution is 2.12. The van der Waals surface area contributed by atoms with Crippen molar-refractivity contribution in [2.24, 2.45) is 5.73 Å². The molecular formula is C9H13NO3S. The Kier molecular flexibility index (Phi) is 3.25. The third-order valence-corrected chi connectivity index (χ3v) is 2.60. The van der Waals surface area contributed by atoms with Gasteiger partial charge < -0.3 is 5.73 Å². The van der Waals surface area contributed by atoms with Crippen molar-refractivity contribution in [3.05, 3.63) is 29.8 Å². The molecule has 0 heterocycles. The SMILES string of the molecule is CC(N)Cc1cccc(S(=O)(=O)O)c1. The molecule has 0 aliphatic heterocycles. The van der Waals surface area contributed by atoms with Gasteiger partial charge in [-0.05, 0) is 31.0 Å². The van der Waals surface area contributed by atoms with Crippen LogP contribution in [0.3, 0.4) is 0 Å². The highest BCUT2D eigenvalue weighted by Gasteiger charge is 2.09. The zero-order valence-electron chi connectivity index (χ0n) is 7.84. The minimum Gasteiger partial charge on any atom is -0.328 e. The Bertz CT molecular complexity index is 412. The van der Waals surface area contributed by atoms with Gasteiger partial charge in [-0.2, -0.15) is 8.42 Å². The lowest BCUT2D eigenvalue weighted by atomic mass is 10.1. The molecule has 0 spiro atoms. The first kappa shape index (κ1) is 11.2. The topological polar surface area (TPSA) is 80.4 Å². The molecule has 5 heteroatoms. The van der Waals surface area contributed by atoms with Gasteiger partial charge in [0.25, 0.3) is 10.1 Å². The van der Waals surface area contributed by atoms with Crippen LogP contribution in [-0.2, 0) is 16.5 Å².